The molecule has 0 aliphatic carbocycles. The van der Waals surface area contributed by atoms with Crippen LogP contribution < -0.4 is 14.8 Å². The van der Waals surface area contributed by atoms with E-state index in [1.165, 1.54) is 12.4 Å². The van der Waals surface area contributed by atoms with Crippen molar-refractivity contribution in [2.45, 2.75) is 19.5 Å². The monoisotopic (exact) mass is 380 g/mol. The summed E-state index contributed by atoms with van der Waals surface area (Å²) >= 11 is 0. The number of hydrogen-bond acceptors (Lipinski definition) is 4. The van der Waals surface area contributed by atoms with Crippen molar-refractivity contribution in [3.63, 3.8) is 0 Å². The molecular weight excluding hydrogens is 370 g/mol. The lowest BCUT2D eigenvalue weighted by Gasteiger charge is -2.12. The Morgan fingerprint density at radius 2 is 1.92 bits per heavy atom. The topological polar surface area (TPSA) is 60.5 Å². The molecule has 1 heterocycles. The molecule has 26 heavy (non-hydrogen) atoms. The van der Waals surface area contributed by atoms with Crippen molar-refractivity contribution in [2.24, 2.45) is 0 Å². The zero-order valence-corrected chi connectivity index (χ0v) is 12.7. The van der Waals surface area contributed by atoms with E-state index in [0.29, 0.717) is 12.1 Å². The van der Waals surface area contributed by atoms with Gasteiger partial charge in [0.2, 0.25) is 0 Å². The van der Waals surface area contributed by atoms with E-state index in [4.69, 9.17) is 0 Å². The smallest absolute Gasteiger partial charge is 0.434 e. The van der Waals surface area contributed by atoms with Gasteiger partial charge in [-0.05, 0) is 24.3 Å². The first-order valence-corrected chi connectivity index (χ1v) is 6.87. The molecule has 11 heteroatoms. The molecule has 1 amide bonds. The number of nitrogens with zero attached hydrogens (tertiary/aromatic N) is 1. The summed E-state index contributed by atoms with van der Waals surface area (Å²) in [7, 11) is 0. The standard InChI is InChI=1S/C15H10F6N2O3/c16-10-5-8(1-2-12(10)26-15(19,20)21)13(24)23-7-9-6-22-4-3-11(9)25-14(17)18/h1-6,14H,7H2,(H,23,24). The molecule has 140 valence electrons. The Hall–Kier alpha value is -2.98. The zero-order chi connectivity index (χ0) is 19.3. The van der Waals surface area contributed by atoms with Crippen LogP contribution in [0.2, 0.25) is 0 Å². The molecule has 0 saturated carbocycles. The number of nitrogens with one attached hydrogen (secondary N) is 1. The number of ether oxygens (including phenoxy) is 2. The van der Waals surface area contributed by atoms with Gasteiger partial charge in [-0.1, -0.05) is 0 Å². The molecule has 0 aliphatic rings. The number of amides is 1. The highest BCUT2D eigenvalue weighted by atomic mass is 19.4. The average Bonchev–Trinajstić information content (AvgIpc) is 2.54. The molecule has 5 nitrogen and oxygen atoms in total. The molecule has 2 aromatic rings. The summed E-state index contributed by atoms with van der Waals surface area (Å²) in [5.41, 5.74) is -0.170. The van der Waals surface area contributed by atoms with Crippen molar-refractivity contribution in [3.8, 4) is 11.5 Å². The third-order valence-corrected chi connectivity index (χ3v) is 2.93. The van der Waals surface area contributed by atoms with Gasteiger partial charge in [-0.2, -0.15) is 8.78 Å². The van der Waals surface area contributed by atoms with E-state index in [0.717, 1.165) is 12.1 Å². The molecule has 0 aliphatic heterocycles. The minimum absolute atomic E-state index is 0.124. The van der Waals surface area contributed by atoms with Crippen LogP contribution >= 0.6 is 0 Å². The van der Waals surface area contributed by atoms with E-state index >= 15 is 0 Å². The van der Waals surface area contributed by atoms with Crippen LogP contribution in [0, 0.1) is 5.82 Å². The number of halogens is 6. The number of aromatic nitrogens is 1. The Bertz CT molecular complexity index is 782. The van der Waals surface area contributed by atoms with Crippen LogP contribution in [-0.2, 0) is 6.54 Å². The summed E-state index contributed by atoms with van der Waals surface area (Å²) in [4.78, 5) is 15.7. The van der Waals surface area contributed by atoms with Gasteiger partial charge in [0.15, 0.2) is 11.6 Å². The fraction of sp³-hybridized carbons (Fsp3) is 0.200. The van der Waals surface area contributed by atoms with Crippen molar-refractivity contribution in [2.75, 3.05) is 0 Å². The Kier molecular flexibility index (Phi) is 5.90. The molecule has 0 bridgehead atoms. The van der Waals surface area contributed by atoms with E-state index in [9.17, 15) is 31.1 Å². The second-order valence-electron chi connectivity index (χ2n) is 4.74. The molecule has 0 saturated heterocycles. The normalized spacial score (nSPS) is 11.3. The SMILES string of the molecule is O=C(NCc1cnccc1OC(F)F)c1ccc(OC(F)(F)F)c(F)c1. The third-order valence-electron chi connectivity index (χ3n) is 2.93. The Balaban J connectivity index is 2.06. The molecule has 0 radical (unpaired) electrons. The predicted molar refractivity (Wildman–Crippen MR) is 75.1 cm³/mol. The minimum Gasteiger partial charge on any atom is -0.434 e. The van der Waals surface area contributed by atoms with Gasteiger partial charge in [0.05, 0.1) is 0 Å². The van der Waals surface area contributed by atoms with Gasteiger partial charge in [-0.25, -0.2) is 4.39 Å². The molecule has 0 unspecified atom stereocenters. The largest absolute Gasteiger partial charge is 0.573 e. The maximum Gasteiger partial charge on any atom is 0.573 e. The number of carbonyl (C=O) groups excluding carboxylic acids is 1. The number of rotatable bonds is 6. The average molecular weight is 380 g/mol. The lowest BCUT2D eigenvalue weighted by atomic mass is 10.2. The minimum atomic E-state index is -5.08. The summed E-state index contributed by atoms with van der Waals surface area (Å²) in [5.74, 6) is -3.54. The van der Waals surface area contributed by atoms with Crippen LogP contribution in [0.3, 0.4) is 0 Å². The molecule has 0 spiro atoms. The first-order chi connectivity index (χ1) is 12.2. The Morgan fingerprint density at radius 3 is 2.54 bits per heavy atom. The summed E-state index contributed by atoms with van der Waals surface area (Å²) in [6, 6.07) is 3.28. The molecule has 1 N–H and O–H groups in total. The van der Waals surface area contributed by atoms with Crippen molar-refractivity contribution < 1.29 is 40.6 Å². The predicted octanol–water partition coefficient (Wildman–Crippen LogP) is 3.65. The van der Waals surface area contributed by atoms with Gasteiger partial charge in [0, 0.05) is 30.1 Å². The first kappa shape index (κ1) is 19.3. The second kappa shape index (κ2) is 7.93. The van der Waals surface area contributed by atoms with E-state index < -0.39 is 30.4 Å². The van der Waals surface area contributed by atoms with Crippen molar-refractivity contribution in [1.82, 2.24) is 10.3 Å². The molecule has 1 aromatic heterocycles. The fourth-order valence-electron chi connectivity index (χ4n) is 1.89. The molecule has 2 rings (SSSR count). The van der Waals surface area contributed by atoms with Crippen LogP contribution in [0.5, 0.6) is 11.5 Å². The van der Waals surface area contributed by atoms with Crippen LogP contribution in [0.4, 0.5) is 26.3 Å². The van der Waals surface area contributed by atoms with Gasteiger partial charge in [-0.3, -0.25) is 9.78 Å². The highest BCUT2D eigenvalue weighted by Crippen LogP contribution is 2.26. The van der Waals surface area contributed by atoms with Gasteiger partial charge in [-0.15, -0.1) is 13.2 Å². The number of pyridine rings is 1. The second-order valence-corrected chi connectivity index (χ2v) is 4.74. The number of benzene rings is 1. The quantitative estimate of drug-likeness (QED) is 0.778. The first-order valence-electron chi connectivity index (χ1n) is 6.87. The van der Waals surface area contributed by atoms with Crippen molar-refractivity contribution >= 4 is 5.91 Å². The van der Waals surface area contributed by atoms with Crippen molar-refractivity contribution in [1.29, 1.82) is 0 Å². The maximum absolute atomic E-state index is 13.6. The third kappa shape index (κ3) is 5.53. The van der Waals surface area contributed by atoms with E-state index in [-0.39, 0.29) is 23.4 Å². The van der Waals surface area contributed by atoms with Crippen LogP contribution in [0.25, 0.3) is 0 Å². The number of hydrogen-bond donors (Lipinski definition) is 1. The van der Waals surface area contributed by atoms with E-state index in [1.807, 2.05) is 0 Å². The van der Waals surface area contributed by atoms with E-state index in [2.05, 4.69) is 19.8 Å². The maximum atomic E-state index is 13.6. The fourth-order valence-corrected chi connectivity index (χ4v) is 1.89. The Morgan fingerprint density at radius 1 is 1.19 bits per heavy atom. The molecule has 1 aromatic carbocycles. The number of carbonyl (C=O) groups is 1. The van der Waals surface area contributed by atoms with Gasteiger partial charge >= 0.3 is 13.0 Å². The van der Waals surface area contributed by atoms with E-state index in [1.54, 1.807) is 0 Å². The van der Waals surface area contributed by atoms with Crippen molar-refractivity contribution in [3.05, 3.63) is 53.6 Å². The van der Waals surface area contributed by atoms with Crippen LogP contribution in [-0.4, -0.2) is 23.9 Å². The zero-order valence-electron chi connectivity index (χ0n) is 12.7. The van der Waals surface area contributed by atoms with Crippen LogP contribution in [0.1, 0.15) is 15.9 Å². The summed E-state index contributed by atoms with van der Waals surface area (Å²) < 4.78 is 82.1. The van der Waals surface area contributed by atoms with Gasteiger partial charge in [0.1, 0.15) is 5.75 Å². The lowest BCUT2D eigenvalue weighted by molar-refractivity contribution is -0.275. The molecule has 0 fully saturated rings. The highest BCUT2D eigenvalue weighted by Gasteiger charge is 2.32. The highest BCUT2D eigenvalue weighted by molar-refractivity contribution is 5.94. The number of alkyl halides is 5. The van der Waals surface area contributed by atoms with Crippen LogP contribution in [0.15, 0.2) is 36.7 Å². The molecular formula is C15H10F6N2O3. The summed E-state index contributed by atoms with van der Waals surface area (Å²) in [6.45, 7) is -3.36. The Labute approximate surface area is 142 Å². The summed E-state index contributed by atoms with van der Waals surface area (Å²) in [6.07, 6.45) is -2.69. The van der Waals surface area contributed by atoms with Gasteiger partial charge in [0.25, 0.3) is 5.91 Å². The molecule has 0 atom stereocenters. The lowest BCUT2D eigenvalue weighted by Crippen LogP contribution is -2.24. The summed E-state index contributed by atoms with van der Waals surface area (Å²) in [5, 5.41) is 2.29. The van der Waals surface area contributed by atoms with Gasteiger partial charge < -0.3 is 14.8 Å².